The molecule has 34 heavy (non-hydrogen) atoms. The maximum absolute atomic E-state index is 12.8. The highest BCUT2D eigenvalue weighted by Gasteiger charge is 2.24. The largest absolute Gasteiger partial charge is 0.376 e. The Kier molecular flexibility index (Phi) is 13.6. The van der Waals surface area contributed by atoms with Crippen molar-refractivity contribution in [2.24, 2.45) is 16.8 Å². The maximum Gasteiger partial charge on any atom is 0.317 e. The van der Waals surface area contributed by atoms with Crippen LogP contribution in [0.25, 0.3) is 0 Å². The van der Waals surface area contributed by atoms with Crippen LogP contribution in [0.1, 0.15) is 82.8 Å². The number of aliphatic imine (C=N–C) groups is 1. The zero-order valence-electron chi connectivity index (χ0n) is 21.6. The number of aryl methyl sites for hydroxylation is 1. The fraction of sp³-hybridized carbons (Fsp3) is 0.714. The summed E-state index contributed by atoms with van der Waals surface area (Å²) in [4.78, 5) is 28.9. The Morgan fingerprint density at radius 2 is 2.06 bits per heavy atom. The molecule has 2 rings (SSSR count). The van der Waals surface area contributed by atoms with E-state index >= 15 is 0 Å². The first-order valence-electron chi connectivity index (χ1n) is 13.3. The van der Waals surface area contributed by atoms with Crippen molar-refractivity contribution in [3.63, 3.8) is 0 Å². The van der Waals surface area contributed by atoms with Gasteiger partial charge >= 0.3 is 6.03 Å². The number of benzene rings is 1. The van der Waals surface area contributed by atoms with Crippen molar-refractivity contribution in [1.29, 1.82) is 0 Å². The van der Waals surface area contributed by atoms with E-state index in [-0.39, 0.29) is 12.1 Å². The van der Waals surface area contributed by atoms with Crippen LogP contribution in [-0.2, 0) is 16.1 Å². The highest BCUT2D eigenvalue weighted by molar-refractivity contribution is 5.74. The van der Waals surface area contributed by atoms with Gasteiger partial charge in [-0.3, -0.25) is 0 Å². The number of urea groups is 1. The first-order chi connectivity index (χ1) is 16.5. The van der Waals surface area contributed by atoms with Gasteiger partial charge < -0.3 is 15.0 Å². The summed E-state index contributed by atoms with van der Waals surface area (Å²) in [5.74, 6) is 1.15. The van der Waals surface area contributed by atoms with E-state index in [9.17, 15) is 9.59 Å². The van der Waals surface area contributed by atoms with Crippen molar-refractivity contribution in [1.82, 2.24) is 10.2 Å². The molecule has 0 heterocycles. The van der Waals surface area contributed by atoms with Crippen molar-refractivity contribution < 1.29 is 14.3 Å². The Labute approximate surface area is 206 Å². The molecule has 0 saturated heterocycles. The number of nitrogens with one attached hydrogen (secondary N) is 1. The molecule has 6 nitrogen and oxygen atoms in total. The monoisotopic (exact) mass is 471 g/mol. The second-order valence-electron chi connectivity index (χ2n) is 9.80. The fourth-order valence-electron chi connectivity index (χ4n) is 4.70. The number of unbranched alkanes of at least 4 members (excludes halogenated alkanes) is 1. The van der Waals surface area contributed by atoms with E-state index in [4.69, 9.17) is 4.74 Å². The van der Waals surface area contributed by atoms with Gasteiger partial charge in [0, 0.05) is 19.6 Å². The van der Waals surface area contributed by atoms with Crippen LogP contribution in [0.2, 0.25) is 0 Å². The van der Waals surface area contributed by atoms with E-state index in [1.165, 1.54) is 24.8 Å². The number of carbonyl (C=O) groups is 1. The van der Waals surface area contributed by atoms with Crippen LogP contribution in [0.5, 0.6) is 0 Å². The molecule has 1 aromatic rings. The zero-order valence-corrected chi connectivity index (χ0v) is 21.6. The number of isocyanates is 1. The van der Waals surface area contributed by atoms with Crippen molar-refractivity contribution in [3.8, 4) is 0 Å². The molecule has 0 aromatic heterocycles. The molecular weight excluding hydrogens is 426 g/mol. The molecule has 1 fully saturated rings. The van der Waals surface area contributed by atoms with E-state index < -0.39 is 0 Å². The summed E-state index contributed by atoms with van der Waals surface area (Å²) in [5.41, 5.74) is 2.36. The summed E-state index contributed by atoms with van der Waals surface area (Å²) >= 11 is 0. The molecule has 1 aliphatic rings. The van der Waals surface area contributed by atoms with Gasteiger partial charge in [0.05, 0.1) is 19.3 Å². The van der Waals surface area contributed by atoms with E-state index in [1.807, 2.05) is 4.90 Å². The topological polar surface area (TPSA) is 71.0 Å². The smallest absolute Gasteiger partial charge is 0.317 e. The maximum atomic E-state index is 12.8. The molecule has 1 aliphatic carbocycles. The van der Waals surface area contributed by atoms with E-state index in [1.54, 1.807) is 6.08 Å². The highest BCUT2D eigenvalue weighted by atomic mass is 16.5. The Morgan fingerprint density at radius 1 is 1.26 bits per heavy atom. The average Bonchev–Trinajstić information content (AvgIpc) is 2.85. The lowest BCUT2D eigenvalue weighted by molar-refractivity contribution is 0.00383. The third-order valence-electron chi connectivity index (χ3n) is 7.01. The van der Waals surface area contributed by atoms with Gasteiger partial charge in [0.2, 0.25) is 6.08 Å². The molecule has 190 valence electrons. The minimum atomic E-state index is -0.0114. The van der Waals surface area contributed by atoms with Gasteiger partial charge in [-0.15, -0.1) is 0 Å². The van der Waals surface area contributed by atoms with Crippen LogP contribution in [0.15, 0.2) is 29.3 Å². The summed E-state index contributed by atoms with van der Waals surface area (Å²) in [6.45, 7) is 9.43. The Morgan fingerprint density at radius 3 is 2.76 bits per heavy atom. The van der Waals surface area contributed by atoms with Gasteiger partial charge in [0.15, 0.2) is 0 Å². The average molecular weight is 472 g/mol. The van der Waals surface area contributed by atoms with Crippen LogP contribution in [0.4, 0.5) is 4.79 Å². The van der Waals surface area contributed by atoms with Crippen LogP contribution in [0, 0.1) is 18.8 Å². The molecule has 1 N–H and O–H groups in total. The molecule has 3 atom stereocenters. The van der Waals surface area contributed by atoms with Gasteiger partial charge in [-0.25, -0.2) is 14.6 Å². The summed E-state index contributed by atoms with van der Waals surface area (Å²) in [7, 11) is 0. The molecule has 2 amide bonds. The quantitative estimate of drug-likeness (QED) is 0.193. The highest BCUT2D eigenvalue weighted by Crippen LogP contribution is 2.31. The number of hydrogen-bond donors (Lipinski definition) is 1. The molecule has 0 radical (unpaired) electrons. The lowest BCUT2D eigenvalue weighted by Gasteiger charge is -2.31. The summed E-state index contributed by atoms with van der Waals surface area (Å²) in [6.07, 6.45) is 12.0. The summed E-state index contributed by atoms with van der Waals surface area (Å²) in [6, 6.07) is 8.37. The first kappa shape index (κ1) is 28.1. The second-order valence-corrected chi connectivity index (χ2v) is 9.80. The van der Waals surface area contributed by atoms with Gasteiger partial charge in [-0.1, -0.05) is 75.8 Å². The number of ether oxygens (including phenoxy) is 1. The fourth-order valence-corrected chi connectivity index (χ4v) is 4.70. The number of rotatable bonds is 15. The molecular formula is C28H45N3O3. The molecule has 0 spiro atoms. The van der Waals surface area contributed by atoms with Gasteiger partial charge in [-0.2, -0.15) is 0 Å². The van der Waals surface area contributed by atoms with Crippen molar-refractivity contribution in [2.45, 2.75) is 91.2 Å². The first-order valence-corrected chi connectivity index (χ1v) is 13.3. The van der Waals surface area contributed by atoms with Crippen molar-refractivity contribution in [3.05, 3.63) is 35.4 Å². The molecule has 0 bridgehead atoms. The summed E-state index contributed by atoms with van der Waals surface area (Å²) < 4.78 is 6.28. The van der Waals surface area contributed by atoms with Crippen molar-refractivity contribution >= 4 is 12.1 Å². The summed E-state index contributed by atoms with van der Waals surface area (Å²) in [5, 5.41) is 3.06. The lowest BCUT2D eigenvalue weighted by atomic mass is 9.82. The van der Waals surface area contributed by atoms with Crippen LogP contribution in [-0.4, -0.2) is 49.4 Å². The molecule has 0 aliphatic heterocycles. The molecule has 1 saturated carbocycles. The third-order valence-corrected chi connectivity index (χ3v) is 7.01. The Bertz CT molecular complexity index is 746. The third kappa shape index (κ3) is 10.8. The SMILES string of the molecule is CCCCNC(=O)N(CCO[C@H]1CCC[C@@H](CCC(CC)CN=C=O)C1)Cc1ccc(C)cc1. The number of hydrogen-bond acceptors (Lipinski definition) is 4. The molecule has 6 heteroatoms. The zero-order chi connectivity index (χ0) is 24.6. The number of carbonyl (C=O) groups excluding carboxylic acids is 2. The number of nitrogens with zero attached hydrogens (tertiary/aromatic N) is 2. The van der Waals surface area contributed by atoms with Crippen molar-refractivity contribution in [2.75, 3.05) is 26.2 Å². The predicted octanol–water partition coefficient (Wildman–Crippen LogP) is 6.02. The Hall–Kier alpha value is -2.17. The van der Waals surface area contributed by atoms with E-state index in [2.05, 4.69) is 55.3 Å². The van der Waals surface area contributed by atoms with Gasteiger partial charge in [-0.05, 0) is 50.0 Å². The Balaban J connectivity index is 1.82. The minimum absolute atomic E-state index is 0.0114. The molecule has 1 unspecified atom stereocenters. The van der Waals surface area contributed by atoms with E-state index in [0.717, 1.165) is 44.1 Å². The second kappa shape index (κ2) is 16.5. The minimum Gasteiger partial charge on any atom is -0.376 e. The van der Waals surface area contributed by atoms with Crippen LogP contribution >= 0.6 is 0 Å². The van der Waals surface area contributed by atoms with Crippen LogP contribution in [0.3, 0.4) is 0 Å². The van der Waals surface area contributed by atoms with Gasteiger partial charge in [0.25, 0.3) is 0 Å². The van der Waals surface area contributed by atoms with Crippen LogP contribution < -0.4 is 5.32 Å². The van der Waals surface area contributed by atoms with E-state index in [0.29, 0.717) is 44.6 Å². The predicted molar refractivity (Wildman–Crippen MR) is 138 cm³/mol. The lowest BCUT2D eigenvalue weighted by Crippen LogP contribution is -2.42. The normalized spacial score (nSPS) is 18.7. The number of amides is 2. The van der Waals surface area contributed by atoms with Gasteiger partial charge in [0.1, 0.15) is 0 Å². The standard InChI is InChI=1S/C28H45N3O3/c1-4-6-16-30-28(33)31(21-26-12-10-23(3)11-13-26)17-18-34-27-9-7-8-25(19-27)15-14-24(5-2)20-29-22-32/h10-13,24-25,27H,4-9,14-21H2,1-3H3,(H,30,33)/t24?,25-,27-/m0/s1. The molecule has 1 aromatic carbocycles.